The first kappa shape index (κ1) is 13.7. The van der Waals surface area contributed by atoms with Gasteiger partial charge < -0.3 is 20.5 Å². The standard InChI is InChI=1S/C14H20N2O3/c1-14(7-3-4-8-15-14)13(18)16-11-9-10(19-2)5-6-12(11)17/h5-6,9,15,17H,3-4,7-8H2,1-2H3,(H,16,18). The molecule has 5 heteroatoms. The Hall–Kier alpha value is -1.75. The Morgan fingerprint density at radius 2 is 2.26 bits per heavy atom. The Morgan fingerprint density at radius 3 is 2.89 bits per heavy atom. The summed E-state index contributed by atoms with van der Waals surface area (Å²) in [5.74, 6) is 0.499. The second-order valence-corrected chi connectivity index (χ2v) is 5.05. The van der Waals surface area contributed by atoms with Gasteiger partial charge in [-0.1, -0.05) is 0 Å². The Morgan fingerprint density at radius 1 is 1.47 bits per heavy atom. The maximum Gasteiger partial charge on any atom is 0.244 e. The van der Waals surface area contributed by atoms with E-state index in [1.807, 2.05) is 6.92 Å². The third-order valence-corrected chi connectivity index (χ3v) is 3.57. The molecule has 104 valence electrons. The second-order valence-electron chi connectivity index (χ2n) is 5.05. The van der Waals surface area contributed by atoms with Crippen LogP contribution in [0.1, 0.15) is 26.2 Å². The fraction of sp³-hybridized carbons (Fsp3) is 0.500. The normalized spacial score (nSPS) is 22.8. The molecule has 1 aliphatic heterocycles. The molecule has 1 amide bonds. The molecule has 0 radical (unpaired) electrons. The average Bonchev–Trinajstić information content (AvgIpc) is 2.42. The topological polar surface area (TPSA) is 70.6 Å². The second kappa shape index (κ2) is 5.48. The molecule has 0 spiro atoms. The molecule has 1 fully saturated rings. The number of methoxy groups -OCH3 is 1. The van der Waals surface area contributed by atoms with Crippen LogP contribution in [0.3, 0.4) is 0 Å². The summed E-state index contributed by atoms with van der Waals surface area (Å²) in [7, 11) is 1.54. The fourth-order valence-corrected chi connectivity index (χ4v) is 2.25. The summed E-state index contributed by atoms with van der Waals surface area (Å²) in [5.41, 5.74) is -0.203. The van der Waals surface area contributed by atoms with Gasteiger partial charge in [0.25, 0.3) is 0 Å². The molecule has 3 N–H and O–H groups in total. The number of amides is 1. The van der Waals surface area contributed by atoms with E-state index in [0.717, 1.165) is 25.8 Å². The molecule has 5 nitrogen and oxygen atoms in total. The van der Waals surface area contributed by atoms with Crippen molar-refractivity contribution < 1.29 is 14.6 Å². The number of rotatable bonds is 3. The summed E-state index contributed by atoms with van der Waals surface area (Å²) < 4.78 is 5.08. The van der Waals surface area contributed by atoms with Crippen LogP contribution in [-0.2, 0) is 4.79 Å². The zero-order valence-corrected chi connectivity index (χ0v) is 11.3. The van der Waals surface area contributed by atoms with E-state index >= 15 is 0 Å². The molecular weight excluding hydrogens is 244 g/mol. The van der Waals surface area contributed by atoms with E-state index in [0.29, 0.717) is 11.4 Å². The van der Waals surface area contributed by atoms with E-state index in [4.69, 9.17) is 4.74 Å². The van der Waals surface area contributed by atoms with E-state index in [1.54, 1.807) is 19.2 Å². The molecular formula is C14H20N2O3. The van der Waals surface area contributed by atoms with Gasteiger partial charge in [-0.3, -0.25) is 4.79 Å². The fourth-order valence-electron chi connectivity index (χ4n) is 2.25. The lowest BCUT2D eigenvalue weighted by atomic mass is 9.90. The summed E-state index contributed by atoms with van der Waals surface area (Å²) in [5, 5.41) is 15.8. The Bertz CT molecular complexity index is 468. The predicted octanol–water partition coefficient (Wildman–Crippen LogP) is 1.87. The van der Waals surface area contributed by atoms with Crippen LogP contribution in [-0.4, -0.2) is 30.2 Å². The molecule has 1 aromatic rings. The van der Waals surface area contributed by atoms with Crippen molar-refractivity contribution in [3.8, 4) is 11.5 Å². The average molecular weight is 264 g/mol. The van der Waals surface area contributed by atoms with E-state index in [-0.39, 0.29) is 11.7 Å². The van der Waals surface area contributed by atoms with Gasteiger partial charge in [-0.2, -0.15) is 0 Å². The third-order valence-electron chi connectivity index (χ3n) is 3.57. The predicted molar refractivity (Wildman–Crippen MR) is 73.5 cm³/mol. The van der Waals surface area contributed by atoms with Gasteiger partial charge in [0.1, 0.15) is 11.5 Å². The van der Waals surface area contributed by atoms with Crippen LogP contribution in [0, 0.1) is 0 Å². The molecule has 1 heterocycles. The van der Waals surface area contributed by atoms with Gasteiger partial charge in [0.05, 0.1) is 18.3 Å². The van der Waals surface area contributed by atoms with Crippen molar-refractivity contribution in [1.29, 1.82) is 0 Å². The first-order chi connectivity index (χ1) is 9.05. The molecule has 1 atom stereocenters. The van der Waals surface area contributed by atoms with E-state index in [2.05, 4.69) is 10.6 Å². The summed E-state index contributed by atoms with van der Waals surface area (Å²) in [6, 6.07) is 4.76. The SMILES string of the molecule is COc1ccc(O)c(NC(=O)C2(C)CCCCN2)c1. The molecule has 0 bridgehead atoms. The summed E-state index contributed by atoms with van der Waals surface area (Å²) in [6.45, 7) is 2.73. The molecule has 0 aromatic heterocycles. The minimum Gasteiger partial charge on any atom is -0.506 e. The Labute approximate surface area is 113 Å². The van der Waals surface area contributed by atoms with Crippen molar-refractivity contribution in [1.82, 2.24) is 5.32 Å². The number of hydrogen-bond acceptors (Lipinski definition) is 4. The van der Waals surface area contributed by atoms with E-state index < -0.39 is 5.54 Å². The highest BCUT2D eigenvalue weighted by Crippen LogP contribution is 2.29. The molecule has 1 saturated heterocycles. The largest absolute Gasteiger partial charge is 0.506 e. The quantitative estimate of drug-likeness (QED) is 0.729. The molecule has 1 unspecified atom stereocenters. The number of ether oxygens (including phenoxy) is 1. The van der Waals surface area contributed by atoms with Crippen molar-refractivity contribution in [2.45, 2.75) is 31.7 Å². The maximum atomic E-state index is 12.3. The zero-order valence-electron chi connectivity index (χ0n) is 11.3. The molecule has 19 heavy (non-hydrogen) atoms. The summed E-state index contributed by atoms with van der Waals surface area (Å²) >= 11 is 0. The molecule has 1 aromatic carbocycles. The zero-order chi connectivity index (χ0) is 13.9. The highest BCUT2D eigenvalue weighted by atomic mass is 16.5. The number of carbonyl (C=O) groups excluding carboxylic acids is 1. The number of phenols is 1. The summed E-state index contributed by atoms with van der Waals surface area (Å²) in [4.78, 5) is 12.3. The van der Waals surface area contributed by atoms with Crippen LogP contribution in [0.25, 0.3) is 0 Å². The maximum absolute atomic E-state index is 12.3. The van der Waals surface area contributed by atoms with Crippen molar-refractivity contribution in [3.05, 3.63) is 18.2 Å². The molecule has 2 rings (SSSR count). The lowest BCUT2D eigenvalue weighted by Gasteiger charge is -2.33. The van der Waals surface area contributed by atoms with E-state index in [9.17, 15) is 9.90 Å². The van der Waals surface area contributed by atoms with Crippen molar-refractivity contribution in [2.75, 3.05) is 19.0 Å². The highest BCUT2D eigenvalue weighted by molar-refractivity contribution is 5.99. The minimum absolute atomic E-state index is 0.0357. The van der Waals surface area contributed by atoms with Crippen molar-refractivity contribution in [3.63, 3.8) is 0 Å². The number of hydrogen-bond donors (Lipinski definition) is 3. The van der Waals surface area contributed by atoms with Gasteiger partial charge in [-0.05, 0) is 44.9 Å². The van der Waals surface area contributed by atoms with Gasteiger partial charge in [0.2, 0.25) is 5.91 Å². The van der Waals surface area contributed by atoms with Crippen LogP contribution in [0.15, 0.2) is 18.2 Å². The van der Waals surface area contributed by atoms with Crippen LogP contribution in [0.4, 0.5) is 5.69 Å². The number of phenolic OH excluding ortho intramolecular Hbond substituents is 1. The first-order valence-corrected chi connectivity index (χ1v) is 6.49. The lowest BCUT2D eigenvalue weighted by molar-refractivity contribution is -0.122. The number of nitrogens with one attached hydrogen (secondary N) is 2. The Kier molecular flexibility index (Phi) is 3.95. The smallest absolute Gasteiger partial charge is 0.244 e. The van der Waals surface area contributed by atoms with Gasteiger partial charge in [-0.15, -0.1) is 0 Å². The van der Waals surface area contributed by atoms with Gasteiger partial charge >= 0.3 is 0 Å². The van der Waals surface area contributed by atoms with Crippen LogP contribution in [0.2, 0.25) is 0 Å². The van der Waals surface area contributed by atoms with Crippen LogP contribution in [0.5, 0.6) is 11.5 Å². The molecule has 0 saturated carbocycles. The highest BCUT2D eigenvalue weighted by Gasteiger charge is 2.34. The number of anilines is 1. The minimum atomic E-state index is -0.576. The molecule has 1 aliphatic rings. The van der Waals surface area contributed by atoms with E-state index in [1.165, 1.54) is 6.07 Å². The monoisotopic (exact) mass is 264 g/mol. The number of carbonyl (C=O) groups is 1. The third kappa shape index (κ3) is 2.98. The first-order valence-electron chi connectivity index (χ1n) is 6.49. The van der Waals surface area contributed by atoms with Crippen molar-refractivity contribution >= 4 is 11.6 Å². The van der Waals surface area contributed by atoms with Crippen LogP contribution >= 0.6 is 0 Å². The molecule has 0 aliphatic carbocycles. The summed E-state index contributed by atoms with van der Waals surface area (Å²) in [6.07, 6.45) is 2.91. The van der Waals surface area contributed by atoms with Gasteiger partial charge in [0, 0.05) is 6.07 Å². The lowest BCUT2D eigenvalue weighted by Crippen LogP contribution is -2.54. The van der Waals surface area contributed by atoms with Crippen molar-refractivity contribution in [2.24, 2.45) is 0 Å². The number of aromatic hydroxyl groups is 1. The van der Waals surface area contributed by atoms with Gasteiger partial charge in [0.15, 0.2) is 0 Å². The van der Waals surface area contributed by atoms with Gasteiger partial charge in [-0.25, -0.2) is 0 Å². The number of piperidine rings is 1. The van der Waals surface area contributed by atoms with Crippen LogP contribution < -0.4 is 15.4 Å². The number of benzene rings is 1. The Balaban J connectivity index is 2.14.